The molecule has 1 aromatic heterocycles. The monoisotopic (exact) mass is 363 g/mol. The van der Waals surface area contributed by atoms with Gasteiger partial charge in [-0.2, -0.15) is 0 Å². The standard InChI is InChI=1S/C20H26ClNO3/c1-3-4-5-6-7-15-16-12-14(21)8-9-17(16)22-20(15)18(23)10-13(2)11-19(24)25/h8-9,12-13,22H,3-7,10-11H2,1-2H3,(H,24,25)/t13-/m0/s1. The molecule has 0 unspecified atom stereocenters. The molecule has 5 heteroatoms. The summed E-state index contributed by atoms with van der Waals surface area (Å²) in [5.41, 5.74) is 2.54. The van der Waals surface area contributed by atoms with Crippen molar-refractivity contribution in [3.8, 4) is 0 Å². The molecule has 0 saturated carbocycles. The van der Waals surface area contributed by atoms with Crippen LogP contribution in [0.25, 0.3) is 10.9 Å². The van der Waals surface area contributed by atoms with Crippen LogP contribution in [0.5, 0.6) is 0 Å². The highest BCUT2D eigenvalue weighted by Crippen LogP contribution is 2.29. The third-order valence-corrected chi connectivity index (χ3v) is 4.72. The Morgan fingerprint density at radius 3 is 2.64 bits per heavy atom. The fourth-order valence-electron chi connectivity index (χ4n) is 3.23. The molecule has 0 fully saturated rings. The summed E-state index contributed by atoms with van der Waals surface area (Å²) in [4.78, 5) is 26.8. The van der Waals surface area contributed by atoms with Crippen molar-refractivity contribution in [2.24, 2.45) is 5.92 Å². The SMILES string of the molecule is CCCCCCc1c(C(=O)C[C@H](C)CC(=O)O)[nH]c2ccc(Cl)cc12. The number of carboxylic acid groups (broad SMARTS) is 1. The van der Waals surface area contributed by atoms with Gasteiger partial charge in [0, 0.05) is 28.8 Å². The number of hydrogen-bond donors (Lipinski definition) is 2. The van der Waals surface area contributed by atoms with Crippen LogP contribution in [-0.2, 0) is 11.2 Å². The summed E-state index contributed by atoms with van der Waals surface area (Å²) in [6.07, 6.45) is 5.57. The van der Waals surface area contributed by atoms with Crippen LogP contribution in [0.15, 0.2) is 18.2 Å². The van der Waals surface area contributed by atoms with Gasteiger partial charge in [-0.15, -0.1) is 0 Å². The zero-order valence-electron chi connectivity index (χ0n) is 14.9. The molecule has 1 atom stereocenters. The molecule has 25 heavy (non-hydrogen) atoms. The van der Waals surface area contributed by atoms with Crippen LogP contribution in [0.4, 0.5) is 0 Å². The highest BCUT2D eigenvalue weighted by molar-refractivity contribution is 6.31. The van der Waals surface area contributed by atoms with Crippen LogP contribution in [0.1, 0.15) is 68.4 Å². The van der Waals surface area contributed by atoms with Crippen LogP contribution in [-0.4, -0.2) is 21.8 Å². The number of nitrogens with one attached hydrogen (secondary N) is 1. The van der Waals surface area contributed by atoms with Gasteiger partial charge in [0.25, 0.3) is 0 Å². The maximum absolute atomic E-state index is 12.7. The molecule has 2 aromatic rings. The minimum atomic E-state index is -0.872. The minimum absolute atomic E-state index is 0.00360. The van der Waals surface area contributed by atoms with E-state index in [4.69, 9.17) is 16.7 Å². The molecule has 0 aliphatic carbocycles. The van der Waals surface area contributed by atoms with Crippen molar-refractivity contribution in [3.63, 3.8) is 0 Å². The van der Waals surface area contributed by atoms with Gasteiger partial charge in [0.2, 0.25) is 0 Å². The number of aromatic amines is 1. The van der Waals surface area contributed by atoms with Gasteiger partial charge in [-0.25, -0.2) is 0 Å². The molecule has 0 amide bonds. The molecular formula is C20H26ClNO3. The number of hydrogen-bond acceptors (Lipinski definition) is 2. The Morgan fingerprint density at radius 2 is 1.96 bits per heavy atom. The Morgan fingerprint density at radius 1 is 1.20 bits per heavy atom. The summed E-state index contributed by atoms with van der Waals surface area (Å²) >= 11 is 6.14. The van der Waals surface area contributed by atoms with E-state index in [0.717, 1.165) is 42.1 Å². The number of halogens is 1. The van der Waals surface area contributed by atoms with Crippen LogP contribution in [0.2, 0.25) is 5.02 Å². The van der Waals surface area contributed by atoms with Gasteiger partial charge in [-0.1, -0.05) is 44.7 Å². The molecule has 0 spiro atoms. The van der Waals surface area contributed by atoms with Gasteiger partial charge in [0.05, 0.1) is 5.69 Å². The summed E-state index contributed by atoms with van der Waals surface area (Å²) in [5, 5.41) is 10.6. The number of benzene rings is 1. The van der Waals surface area contributed by atoms with Gasteiger partial charge >= 0.3 is 5.97 Å². The van der Waals surface area contributed by atoms with E-state index in [1.807, 2.05) is 18.2 Å². The average Bonchev–Trinajstić information content (AvgIpc) is 2.88. The lowest BCUT2D eigenvalue weighted by Crippen LogP contribution is -2.12. The van der Waals surface area contributed by atoms with E-state index in [0.29, 0.717) is 10.7 Å². The molecule has 0 radical (unpaired) electrons. The van der Waals surface area contributed by atoms with Gasteiger partial charge in [0.15, 0.2) is 5.78 Å². The quantitative estimate of drug-likeness (QED) is 0.424. The molecule has 2 N–H and O–H groups in total. The van der Waals surface area contributed by atoms with E-state index in [2.05, 4.69) is 11.9 Å². The number of carboxylic acids is 1. The second-order valence-corrected chi connectivity index (χ2v) is 7.25. The topological polar surface area (TPSA) is 70.2 Å². The lowest BCUT2D eigenvalue weighted by molar-refractivity contribution is -0.137. The van der Waals surface area contributed by atoms with Crippen LogP contribution in [0, 0.1) is 5.92 Å². The Labute approximate surface area is 153 Å². The molecule has 0 aliphatic heterocycles. The number of ketones is 1. The molecule has 0 aliphatic rings. The number of unbranched alkanes of at least 4 members (excludes halogenated alkanes) is 3. The minimum Gasteiger partial charge on any atom is -0.481 e. The van der Waals surface area contributed by atoms with Gasteiger partial charge in [-0.05, 0) is 42.5 Å². The number of aliphatic carboxylic acids is 1. The number of carbonyl (C=O) groups is 2. The fourth-order valence-corrected chi connectivity index (χ4v) is 3.41. The summed E-state index contributed by atoms with van der Waals surface area (Å²) in [6.45, 7) is 3.97. The van der Waals surface area contributed by atoms with Gasteiger partial charge in [-0.3, -0.25) is 9.59 Å². The highest BCUT2D eigenvalue weighted by Gasteiger charge is 2.20. The number of rotatable bonds is 10. The maximum atomic E-state index is 12.7. The van der Waals surface area contributed by atoms with E-state index < -0.39 is 5.97 Å². The lowest BCUT2D eigenvalue weighted by atomic mass is 9.95. The van der Waals surface area contributed by atoms with Crippen LogP contribution in [0.3, 0.4) is 0 Å². The van der Waals surface area contributed by atoms with Crippen molar-refractivity contribution < 1.29 is 14.7 Å². The normalized spacial score (nSPS) is 12.4. The first-order valence-corrected chi connectivity index (χ1v) is 9.35. The van der Waals surface area contributed by atoms with Crippen molar-refractivity contribution >= 4 is 34.3 Å². The molecule has 0 saturated heterocycles. The largest absolute Gasteiger partial charge is 0.481 e. The number of aromatic nitrogens is 1. The maximum Gasteiger partial charge on any atom is 0.303 e. The number of H-pyrrole nitrogens is 1. The number of carbonyl (C=O) groups excluding carboxylic acids is 1. The molecule has 1 aromatic carbocycles. The third-order valence-electron chi connectivity index (χ3n) is 4.48. The smallest absolute Gasteiger partial charge is 0.303 e. The summed E-state index contributed by atoms with van der Waals surface area (Å²) in [6, 6.07) is 5.60. The molecule has 4 nitrogen and oxygen atoms in total. The Balaban J connectivity index is 2.27. The van der Waals surface area contributed by atoms with Gasteiger partial charge in [0.1, 0.15) is 0 Å². The Kier molecular flexibility index (Phi) is 7.06. The van der Waals surface area contributed by atoms with E-state index in [-0.39, 0.29) is 24.5 Å². The van der Waals surface area contributed by atoms with Crippen LogP contribution < -0.4 is 0 Å². The number of aryl methyl sites for hydroxylation is 1. The average molecular weight is 364 g/mol. The number of fused-ring (bicyclic) bond motifs is 1. The van der Waals surface area contributed by atoms with Gasteiger partial charge < -0.3 is 10.1 Å². The first-order valence-electron chi connectivity index (χ1n) is 8.97. The zero-order chi connectivity index (χ0) is 18.4. The van der Waals surface area contributed by atoms with E-state index in [9.17, 15) is 9.59 Å². The molecular weight excluding hydrogens is 338 g/mol. The van der Waals surface area contributed by atoms with E-state index in [1.165, 1.54) is 6.42 Å². The van der Waals surface area contributed by atoms with Crippen molar-refractivity contribution in [1.29, 1.82) is 0 Å². The predicted octanol–water partition coefficient (Wildman–Crippen LogP) is 5.63. The first-order chi connectivity index (χ1) is 11.9. The lowest BCUT2D eigenvalue weighted by Gasteiger charge is -2.09. The summed E-state index contributed by atoms with van der Waals surface area (Å²) in [7, 11) is 0. The highest BCUT2D eigenvalue weighted by atomic mass is 35.5. The molecule has 1 heterocycles. The summed E-state index contributed by atoms with van der Waals surface area (Å²) < 4.78 is 0. The molecule has 0 bridgehead atoms. The van der Waals surface area contributed by atoms with E-state index in [1.54, 1.807) is 6.92 Å². The number of Topliss-reactive ketones (excluding diaryl/α,β-unsaturated/α-hetero) is 1. The first kappa shape index (κ1) is 19.5. The second kappa shape index (κ2) is 9.04. The Hall–Kier alpha value is -1.81. The second-order valence-electron chi connectivity index (χ2n) is 6.81. The van der Waals surface area contributed by atoms with E-state index >= 15 is 0 Å². The summed E-state index contributed by atoms with van der Waals surface area (Å²) in [5.74, 6) is -1.08. The Bertz CT molecular complexity index is 751. The van der Waals surface area contributed by atoms with Crippen molar-refractivity contribution in [1.82, 2.24) is 4.98 Å². The predicted molar refractivity (Wildman–Crippen MR) is 102 cm³/mol. The molecule has 2 rings (SSSR count). The zero-order valence-corrected chi connectivity index (χ0v) is 15.7. The van der Waals surface area contributed by atoms with Crippen molar-refractivity contribution in [2.75, 3.05) is 0 Å². The third kappa shape index (κ3) is 5.33. The molecule has 136 valence electrons. The fraction of sp³-hybridized carbons (Fsp3) is 0.500. The van der Waals surface area contributed by atoms with Crippen molar-refractivity contribution in [2.45, 2.75) is 58.8 Å². The van der Waals surface area contributed by atoms with Crippen molar-refractivity contribution in [3.05, 3.63) is 34.5 Å². The van der Waals surface area contributed by atoms with Crippen LogP contribution >= 0.6 is 11.6 Å².